The quantitative estimate of drug-likeness (QED) is 0.0164. The van der Waals surface area contributed by atoms with Crippen LogP contribution in [0.1, 0.15) is 175 Å². The standard InChI is InChI=1S/C80H138N30O23/c1-40(2)60(73(128)100-46(22-10-13-31-83)67(122)106-54(77(132)133)36-43-18-6-5-7-19-43)107-71(126)53(39-59(116)117)104-68(123)49(27-28-56(85)113)99-72(127)55-26-17-35-110(55)76(131)50(25-16-34-96-80(92)93)102-65(120)47(23-14-32-94-78(88)89)98-69(124)51(37-57(86)114)105-75(130)62(42(4)112)109-70(125)52(38-58(87)115)103-66(121)48(24-15-33-95-79(90)91)97-64(119)45(21-9-12-30-82)101-74(129)61(41(3)111)108-63(118)44(84)20-8-11-29-81/h5-7,18-19,40-42,44-55,60-62,111-112H,8-17,20-39,81-84H2,1-4H3,(H2,85,113)(H2,86,114)(H2,87,115)(H,97,119)(H,98,124)(H,99,127)(H,100,128)(H,101,129)(H,102,120)(H,103,121)(H,104,123)(H,105,130)(H,106,122)(H,107,126)(H,108,118)(H,109,125)(H,116,117)(H,132,133)(H4,88,89,94)(H4,90,91,95)(H4,92,93,96)/t41-,42-,44+,45+,46+,47+,48+,49+,50+,51+,52+,53+,54+,55+,60+,61+,62+/m1/s1. The van der Waals surface area contributed by atoms with Gasteiger partial charge in [-0.2, -0.15) is 0 Å². The van der Waals surface area contributed by atoms with E-state index < -0.39 is 278 Å². The van der Waals surface area contributed by atoms with Crippen LogP contribution >= 0.6 is 0 Å². The Morgan fingerprint density at radius 1 is 0.383 bits per heavy atom. The molecule has 53 nitrogen and oxygen atoms in total. The van der Waals surface area contributed by atoms with E-state index in [1.807, 2.05) is 0 Å². The van der Waals surface area contributed by atoms with Gasteiger partial charge in [-0.1, -0.05) is 50.6 Å². The molecular weight excluding hydrogens is 1750 g/mol. The van der Waals surface area contributed by atoms with Gasteiger partial charge in [0.1, 0.15) is 84.6 Å². The van der Waals surface area contributed by atoms with Crippen LogP contribution < -0.4 is 142 Å². The van der Waals surface area contributed by atoms with Crippen LogP contribution in [0.5, 0.6) is 0 Å². The lowest BCUT2D eigenvalue weighted by atomic mass is 10.0. The molecule has 2 rings (SSSR count). The minimum atomic E-state index is -2.19. The molecule has 17 atom stereocenters. The summed E-state index contributed by atoms with van der Waals surface area (Å²) in [4.78, 5) is 264. The minimum Gasteiger partial charge on any atom is -0.481 e. The summed E-state index contributed by atoms with van der Waals surface area (Å²) >= 11 is 0. The zero-order valence-electron chi connectivity index (χ0n) is 75.3. The average molecular weight is 1890 g/mol. The molecule has 1 aliphatic heterocycles. The van der Waals surface area contributed by atoms with Crippen LogP contribution in [-0.4, -0.2) is 304 Å². The van der Waals surface area contributed by atoms with Crippen molar-refractivity contribution in [2.45, 2.75) is 278 Å². The maximum Gasteiger partial charge on any atom is 0.326 e. The number of carbonyl (C=O) groups is 19. The van der Waals surface area contributed by atoms with Crippen LogP contribution in [0, 0.1) is 22.1 Å². The summed E-state index contributed by atoms with van der Waals surface area (Å²) in [5.41, 5.74) is 56.7. The highest BCUT2D eigenvalue weighted by Gasteiger charge is 2.43. The van der Waals surface area contributed by atoms with Crippen molar-refractivity contribution in [3.63, 3.8) is 0 Å². The van der Waals surface area contributed by atoms with Crippen molar-refractivity contribution < 1.29 is 112 Å². The van der Waals surface area contributed by atoms with E-state index in [-0.39, 0.29) is 123 Å². The third kappa shape index (κ3) is 44.9. The van der Waals surface area contributed by atoms with Crippen molar-refractivity contribution in [1.29, 1.82) is 16.2 Å². The molecular formula is C80H138N30O23. The number of nitrogens with two attached hydrogens (primary N) is 10. The number of carboxylic acids is 2. The number of amides is 17. The third-order valence-corrected chi connectivity index (χ3v) is 20.8. The first-order chi connectivity index (χ1) is 62.7. The Hall–Kier alpha value is -13.3. The van der Waals surface area contributed by atoms with Crippen LogP contribution in [0.3, 0.4) is 0 Å². The number of guanidine groups is 3. The number of rotatable bonds is 66. The number of nitrogens with zero attached hydrogens (tertiary/aromatic N) is 1. The summed E-state index contributed by atoms with van der Waals surface area (Å²) in [5.74, 6) is -25.0. The topological polar surface area (TPSA) is 933 Å². The van der Waals surface area contributed by atoms with Crippen molar-refractivity contribution in [3.05, 3.63) is 35.9 Å². The van der Waals surface area contributed by atoms with E-state index in [0.29, 0.717) is 37.8 Å². The number of unbranched alkanes of at least 4 members (excludes halogenated alkanes) is 3. The van der Waals surface area contributed by atoms with Crippen molar-refractivity contribution in [1.82, 2.24) is 90.0 Å². The molecule has 0 radical (unpaired) electrons. The molecule has 0 saturated carbocycles. The first-order valence-electron chi connectivity index (χ1n) is 43.7. The highest BCUT2D eigenvalue weighted by molar-refractivity contribution is 6.02. The highest BCUT2D eigenvalue weighted by atomic mass is 16.4. The molecule has 1 aromatic rings. The molecule has 17 amide bonds. The molecule has 1 aliphatic rings. The molecule has 0 aromatic heterocycles. The van der Waals surface area contributed by atoms with E-state index in [1.165, 1.54) is 20.8 Å². The van der Waals surface area contributed by atoms with E-state index >= 15 is 4.79 Å². The van der Waals surface area contributed by atoms with E-state index in [0.717, 1.165) is 11.8 Å². The maximum absolute atomic E-state index is 15.1. The predicted octanol–water partition coefficient (Wildman–Crippen LogP) is -12.0. The van der Waals surface area contributed by atoms with Crippen molar-refractivity contribution in [2.75, 3.05) is 45.8 Å². The zero-order valence-corrected chi connectivity index (χ0v) is 75.3. The molecule has 53 heteroatoms. The summed E-state index contributed by atoms with van der Waals surface area (Å²) in [5, 5.41) is 103. The lowest BCUT2D eigenvalue weighted by Crippen LogP contribution is -2.62. The van der Waals surface area contributed by atoms with Gasteiger partial charge < -0.3 is 168 Å². The second-order valence-corrected chi connectivity index (χ2v) is 32.4. The van der Waals surface area contributed by atoms with Crippen LogP contribution in [-0.2, 0) is 97.5 Å². The fourth-order valence-electron chi connectivity index (χ4n) is 13.7. The molecule has 133 heavy (non-hydrogen) atoms. The monoisotopic (exact) mass is 1890 g/mol. The average Bonchev–Trinajstić information content (AvgIpc) is 1.82. The second kappa shape index (κ2) is 61.4. The Balaban J connectivity index is 2.62. The molecule has 1 fully saturated rings. The number of aliphatic hydroxyl groups excluding tert-OH is 2. The Morgan fingerprint density at radius 2 is 0.714 bits per heavy atom. The molecule has 1 saturated heterocycles. The van der Waals surface area contributed by atoms with Crippen LogP contribution in [0.2, 0.25) is 0 Å². The zero-order chi connectivity index (χ0) is 100. The molecule has 1 aromatic carbocycles. The largest absolute Gasteiger partial charge is 0.481 e. The van der Waals surface area contributed by atoms with Crippen molar-refractivity contribution in [2.24, 2.45) is 63.3 Å². The number of aliphatic carboxylic acids is 2. The molecule has 746 valence electrons. The second-order valence-electron chi connectivity index (χ2n) is 32.4. The maximum atomic E-state index is 15.1. The number of carboxylic acid groups (broad SMARTS) is 2. The van der Waals surface area contributed by atoms with Crippen LogP contribution in [0.15, 0.2) is 30.3 Å². The number of carbonyl (C=O) groups excluding carboxylic acids is 17. The van der Waals surface area contributed by atoms with Gasteiger partial charge in [-0.3, -0.25) is 103 Å². The summed E-state index contributed by atoms with van der Waals surface area (Å²) in [6, 6.07) is -17.3. The molecule has 1 heterocycles. The predicted molar refractivity (Wildman–Crippen MR) is 478 cm³/mol. The Kier molecular flexibility index (Phi) is 53.4. The fraction of sp³-hybridized carbons (Fsp3) is 0.650. The van der Waals surface area contributed by atoms with Crippen LogP contribution in [0.25, 0.3) is 0 Å². The Labute approximate surface area is 768 Å². The van der Waals surface area contributed by atoms with Gasteiger partial charge in [-0.25, -0.2) is 4.79 Å². The van der Waals surface area contributed by atoms with Gasteiger partial charge in [0.2, 0.25) is 100 Å². The summed E-state index contributed by atoms with van der Waals surface area (Å²) in [6.07, 6.45) is -7.45. The van der Waals surface area contributed by atoms with E-state index in [9.17, 15) is 107 Å². The number of benzene rings is 1. The van der Waals surface area contributed by atoms with E-state index in [2.05, 4.69) is 85.1 Å². The van der Waals surface area contributed by atoms with Gasteiger partial charge in [-0.05, 0) is 154 Å². The number of hydrogen-bond donors (Lipinski definition) is 33. The fourth-order valence-corrected chi connectivity index (χ4v) is 13.7. The van der Waals surface area contributed by atoms with Gasteiger partial charge in [-0.15, -0.1) is 0 Å². The van der Waals surface area contributed by atoms with E-state index in [1.54, 1.807) is 30.3 Å². The lowest BCUT2D eigenvalue weighted by molar-refractivity contribution is -0.143. The molecule has 43 N–H and O–H groups in total. The van der Waals surface area contributed by atoms with Crippen molar-refractivity contribution in [3.8, 4) is 0 Å². The first kappa shape index (κ1) is 116. The number of likely N-dealkylation sites (tertiary alicyclic amines) is 1. The SMILES string of the molecule is CC(C)[C@H](NC(=O)[C@H](CC(=O)O)NC(=O)[C@H](CCC(N)=O)NC(=O)[C@@H]1CCCN1C(=O)[C@H](CCCNC(=N)N)NC(=O)[C@H](CCCNC(=N)N)NC(=O)[C@H](CC(N)=O)NC(=O)[C@@H](NC(=O)[C@H](CC(N)=O)NC(=O)[C@H](CCCNC(=N)N)NC(=O)[C@H](CCCCN)NC(=O)[C@@H](NC(=O)[C@@H](N)CCCCN)[C@@H](C)O)[C@@H](C)O)C(=O)N[C@@H](CCCCN)C(=O)N[C@@H](Cc1ccccc1)C(=O)O. The van der Waals surface area contributed by atoms with Crippen molar-refractivity contribution >= 4 is 130 Å². The minimum absolute atomic E-state index is 0.0531. The Morgan fingerprint density at radius 3 is 1.10 bits per heavy atom. The van der Waals surface area contributed by atoms with Gasteiger partial charge in [0.25, 0.3) is 0 Å². The summed E-state index contributed by atoms with van der Waals surface area (Å²) in [7, 11) is 0. The number of aliphatic hydroxyl groups is 2. The summed E-state index contributed by atoms with van der Waals surface area (Å²) < 4.78 is 0. The molecule has 0 aliphatic carbocycles. The molecule has 0 unspecified atom stereocenters. The Bertz CT molecular complexity index is 4110. The third-order valence-electron chi connectivity index (χ3n) is 20.8. The van der Waals surface area contributed by atoms with Gasteiger partial charge in [0, 0.05) is 39.0 Å². The van der Waals surface area contributed by atoms with Gasteiger partial charge in [0.05, 0.1) is 37.5 Å². The normalized spacial score (nSPS) is 15.8. The number of nitrogens with one attached hydrogen (secondary N) is 19. The highest BCUT2D eigenvalue weighted by Crippen LogP contribution is 2.22. The smallest absolute Gasteiger partial charge is 0.326 e. The van der Waals surface area contributed by atoms with E-state index in [4.69, 9.17) is 73.6 Å². The number of primary amides is 3. The van der Waals surface area contributed by atoms with Crippen LogP contribution in [0.4, 0.5) is 0 Å². The van der Waals surface area contributed by atoms with Gasteiger partial charge >= 0.3 is 11.9 Å². The lowest BCUT2D eigenvalue weighted by Gasteiger charge is -2.31. The summed E-state index contributed by atoms with van der Waals surface area (Å²) in [6.45, 7) is 5.18. The molecule has 0 bridgehead atoms. The molecule has 0 spiro atoms. The van der Waals surface area contributed by atoms with Gasteiger partial charge in [0.15, 0.2) is 17.9 Å². The first-order valence-corrected chi connectivity index (χ1v) is 43.7. The number of hydrogen-bond acceptors (Lipinski definition) is 28.